The molecule has 26 heavy (non-hydrogen) atoms. The summed E-state index contributed by atoms with van der Waals surface area (Å²) in [4.78, 5) is 9.27. The summed E-state index contributed by atoms with van der Waals surface area (Å²) in [5.74, 6) is 1.44. The molecule has 0 fully saturated rings. The Morgan fingerprint density at radius 3 is 2.81 bits per heavy atom. The van der Waals surface area contributed by atoms with Crippen molar-refractivity contribution in [3.8, 4) is 0 Å². The van der Waals surface area contributed by atoms with Crippen LogP contribution < -0.4 is 5.73 Å². The van der Waals surface area contributed by atoms with Gasteiger partial charge in [0.25, 0.3) is 0 Å². The molecule has 2 N–H and O–H groups in total. The maximum atomic E-state index is 6.25. The van der Waals surface area contributed by atoms with Crippen molar-refractivity contribution in [2.24, 2.45) is 0 Å². The second kappa shape index (κ2) is 6.57. The lowest BCUT2D eigenvalue weighted by Gasteiger charge is -2.15. The first-order chi connectivity index (χ1) is 12.5. The SMILES string of the molecule is Cc1cccc(Cn2c(C)nc3c(N)nc(C4=CCOCC4)cc32)c1C. The molecule has 1 aliphatic heterocycles. The monoisotopic (exact) mass is 348 g/mol. The number of hydrogen-bond acceptors (Lipinski definition) is 4. The highest BCUT2D eigenvalue weighted by molar-refractivity contribution is 5.88. The van der Waals surface area contributed by atoms with Crippen molar-refractivity contribution in [3.05, 3.63) is 58.6 Å². The van der Waals surface area contributed by atoms with Gasteiger partial charge in [0, 0.05) is 6.54 Å². The zero-order valence-corrected chi connectivity index (χ0v) is 15.5. The Kier molecular flexibility index (Phi) is 4.24. The van der Waals surface area contributed by atoms with Gasteiger partial charge < -0.3 is 15.0 Å². The highest BCUT2D eigenvalue weighted by Gasteiger charge is 2.16. The van der Waals surface area contributed by atoms with E-state index in [-0.39, 0.29) is 0 Å². The second-order valence-corrected chi connectivity index (χ2v) is 6.92. The van der Waals surface area contributed by atoms with Gasteiger partial charge in [-0.05, 0) is 55.5 Å². The molecule has 3 aromatic rings. The number of pyridine rings is 1. The molecule has 0 aliphatic carbocycles. The van der Waals surface area contributed by atoms with Crippen LogP contribution in [-0.2, 0) is 11.3 Å². The van der Waals surface area contributed by atoms with E-state index >= 15 is 0 Å². The van der Waals surface area contributed by atoms with Crippen LogP contribution in [0.4, 0.5) is 5.82 Å². The number of fused-ring (bicyclic) bond motifs is 1. The van der Waals surface area contributed by atoms with Crippen molar-refractivity contribution in [3.63, 3.8) is 0 Å². The fourth-order valence-electron chi connectivity index (χ4n) is 3.54. The number of aromatic nitrogens is 3. The average molecular weight is 348 g/mol. The first-order valence-corrected chi connectivity index (χ1v) is 9.00. The van der Waals surface area contributed by atoms with E-state index in [1.54, 1.807) is 0 Å². The van der Waals surface area contributed by atoms with Gasteiger partial charge in [0.2, 0.25) is 0 Å². The van der Waals surface area contributed by atoms with Crippen LogP contribution in [0.25, 0.3) is 16.6 Å². The lowest BCUT2D eigenvalue weighted by atomic mass is 10.0. The van der Waals surface area contributed by atoms with Crippen molar-refractivity contribution >= 4 is 22.4 Å². The standard InChI is InChI=1S/C21H24N4O/c1-13-5-4-6-17(14(13)2)12-25-15(3)23-20-19(25)11-18(24-21(20)22)16-7-9-26-10-8-16/h4-7,11H,8-10,12H2,1-3H3,(H2,22,24). The van der Waals surface area contributed by atoms with E-state index in [9.17, 15) is 0 Å². The molecule has 3 heterocycles. The van der Waals surface area contributed by atoms with E-state index in [2.05, 4.69) is 58.7 Å². The van der Waals surface area contributed by atoms with Crippen LogP contribution in [0.5, 0.6) is 0 Å². The minimum Gasteiger partial charge on any atom is -0.382 e. The normalized spacial score (nSPS) is 14.7. The summed E-state index contributed by atoms with van der Waals surface area (Å²) in [6, 6.07) is 8.56. The summed E-state index contributed by atoms with van der Waals surface area (Å²) in [7, 11) is 0. The van der Waals surface area contributed by atoms with E-state index in [0.717, 1.165) is 42.1 Å². The maximum Gasteiger partial charge on any atom is 0.152 e. The topological polar surface area (TPSA) is 66.0 Å². The van der Waals surface area contributed by atoms with Gasteiger partial charge in [0.05, 0.1) is 24.4 Å². The molecule has 1 aliphatic rings. The van der Waals surface area contributed by atoms with Crippen LogP contribution in [0.2, 0.25) is 0 Å². The number of aryl methyl sites for hydroxylation is 2. The predicted molar refractivity (Wildman–Crippen MR) is 105 cm³/mol. The largest absolute Gasteiger partial charge is 0.382 e. The number of ether oxygens (including phenoxy) is 1. The summed E-state index contributed by atoms with van der Waals surface area (Å²) in [6.45, 7) is 8.49. The van der Waals surface area contributed by atoms with Crippen molar-refractivity contribution < 1.29 is 4.74 Å². The number of imidazole rings is 1. The molecule has 0 bridgehead atoms. The van der Waals surface area contributed by atoms with E-state index in [1.807, 2.05) is 6.92 Å². The van der Waals surface area contributed by atoms with Gasteiger partial charge >= 0.3 is 0 Å². The van der Waals surface area contributed by atoms with Gasteiger partial charge in [-0.1, -0.05) is 24.3 Å². The number of nitrogens with two attached hydrogens (primary N) is 1. The van der Waals surface area contributed by atoms with E-state index in [1.165, 1.54) is 22.3 Å². The number of anilines is 1. The quantitative estimate of drug-likeness (QED) is 0.782. The van der Waals surface area contributed by atoms with Gasteiger partial charge in [-0.2, -0.15) is 0 Å². The number of benzene rings is 1. The third-order valence-corrected chi connectivity index (χ3v) is 5.29. The molecular formula is C21H24N4O. The third-order valence-electron chi connectivity index (χ3n) is 5.29. The Morgan fingerprint density at radius 1 is 1.19 bits per heavy atom. The summed E-state index contributed by atoms with van der Waals surface area (Å²) in [6.07, 6.45) is 2.96. The number of nitrogen functional groups attached to an aromatic ring is 1. The average Bonchev–Trinajstić information content (AvgIpc) is 2.96. The van der Waals surface area contributed by atoms with Crippen molar-refractivity contribution in [2.75, 3.05) is 18.9 Å². The molecule has 134 valence electrons. The minimum absolute atomic E-state index is 0.493. The van der Waals surface area contributed by atoms with Crippen LogP contribution in [0.15, 0.2) is 30.3 Å². The van der Waals surface area contributed by atoms with Crippen LogP contribution in [-0.4, -0.2) is 27.7 Å². The molecule has 5 heteroatoms. The molecule has 5 nitrogen and oxygen atoms in total. The van der Waals surface area contributed by atoms with Gasteiger partial charge in [0.15, 0.2) is 5.82 Å². The van der Waals surface area contributed by atoms with Crippen LogP contribution in [0.3, 0.4) is 0 Å². The molecule has 0 atom stereocenters. The molecule has 0 saturated heterocycles. The van der Waals surface area contributed by atoms with Crippen molar-refractivity contribution in [1.29, 1.82) is 0 Å². The predicted octanol–water partition coefficient (Wildman–Crippen LogP) is 3.79. The minimum atomic E-state index is 0.493. The molecular weight excluding hydrogens is 324 g/mol. The molecule has 2 aromatic heterocycles. The summed E-state index contributed by atoms with van der Waals surface area (Å²) in [5, 5.41) is 0. The number of hydrogen-bond donors (Lipinski definition) is 1. The molecule has 0 radical (unpaired) electrons. The van der Waals surface area contributed by atoms with Gasteiger partial charge in [-0.25, -0.2) is 9.97 Å². The van der Waals surface area contributed by atoms with Gasteiger partial charge in [-0.15, -0.1) is 0 Å². The third kappa shape index (κ3) is 2.88. The Balaban J connectivity index is 1.84. The summed E-state index contributed by atoms with van der Waals surface area (Å²) < 4.78 is 7.65. The molecule has 0 saturated carbocycles. The Bertz CT molecular complexity index is 1020. The molecule has 4 rings (SSSR count). The van der Waals surface area contributed by atoms with E-state index in [0.29, 0.717) is 12.4 Å². The van der Waals surface area contributed by atoms with Crippen molar-refractivity contribution in [1.82, 2.24) is 14.5 Å². The van der Waals surface area contributed by atoms with Crippen LogP contribution in [0.1, 0.15) is 34.6 Å². The smallest absolute Gasteiger partial charge is 0.152 e. The number of nitrogens with zero attached hydrogens (tertiary/aromatic N) is 3. The first-order valence-electron chi connectivity index (χ1n) is 9.00. The van der Waals surface area contributed by atoms with Gasteiger partial charge in [0.1, 0.15) is 11.3 Å². The number of rotatable bonds is 3. The van der Waals surface area contributed by atoms with Crippen LogP contribution >= 0.6 is 0 Å². The zero-order chi connectivity index (χ0) is 18.3. The Hall–Kier alpha value is -2.66. The Morgan fingerprint density at radius 2 is 2.04 bits per heavy atom. The molecule has 0 unspecified atom stereocenters. The van der Waals surface area contributed by atoms with Crippen molar-refractivity contribution in [2.45, 2.75) is 33.7 Å². The van der Waals surface area contributed by atoms with Gasteiger partial charge in [-0.3, -0.25) is 0 Å². The highest BCUT2D eigenvalue weighted by atomic mass is 16.5. The lowest BCUT2D eigenvalue weighted by molar-refractivity contribution is 0.161. The molecule has 0 amide bonds. The lowest BCUT2D eigenvalue weighted by Crippen LogP contribution is -2.07. The fraction of sp³-hybridized carbons (Fsp3) is 0.333. The summed E-state index contributed by atoms with van der Waals surface area (Å²) in [5.41, 5.74) is 14.1. The first kappa shape index (κ1) is 16.8. The molecule has 0 spiro atoms. The maximum absolute atomic E-state index is 6.25. The highest BCUT2D eigenvalue weighted by Crippen LogP contribution is 2.28. The summed E-state index contributed by atoms with van der Waals surface area (Å²) >= 11 is 0. The van der Waals surface area contributed by atoms with E-state index in [4.69, 9.17) is 10.5 Å². The molecule has 1 aromatic carbocycles. The zero-order valence-electron chi connectivity index (χ0n) is 15.5. The van der Waals surface area contributed by atoms with Crippen LogP contribution in [0, 0.1) is 20.8 Å². The Labute approximate surface area is 153 Å². The fourth-order valence-corrected chi connectivity index (χ4v) is 3.54. The second-order valence-electron chi connectivity index (χ2n) is 6.92. The van der Waals surface area contributed by atoms with E-state index < -0.39 is 0 Å².